The number of unbranched alkanes of at least 4 members (excludes halogenated alkanes) is 13. The van der Waals surface area contributed by atoms with Crippen LogP contribution in [0.5, 0.6) is 0 Å². The topological polar surface area (TPSA) is 3.24 Å². The molecule has 0 radical (unpaired) electrons. The predicted molar refractivity (Wildman–Crippen MR) is 167 cm³/mol. The van der Waals surface area contributed by atoms with Gasteiger partial charge in [-0.3, -0.25) is 0 Å². The Morgan fingerprint density at radius 2 is 0.917 bits per heavy atom. The lowest BCUT2D eigenvalue weighted by molar-refractivity contribution is 0.332. The van der Waals surface area contributed by atoms with Gasteiger partial charge in [-0.2, -0.15) is 0 Å². The number of hydrogen-bond acceptors (Lipinski definition) is 1. The van der Waals surface area contributed by atoms with Crippen LogP contribution in [0.3, 0.4) is 0 Å². The van der Waals surface area contributed by atoms with Crippen molar-refractivity contribution in [1.29, 1.82) is 0 Å². The van der Waals surface area contributed by atoms with E-state index in [1.54, 1.807) is 5.57 Å². The lowest BCUT2D eigenvalue weighted by Gasteiger charge is -2.18. The highest BCUT2D eigenvalue weighted by Crippen LogP contribution is 2.27. The molecule has 0 fully saturated rings. The summed E-state index contributed by atoms with van der Waals surface area (Å²) < 4.78 is 0. The maximum atomic E-state index is 4.47. The van der Waals surface area contributed by atoms with Gasteiger partial charge in [0.25, 0.3) is 0 Å². The van der Waals surface area contributed by atoms with Gasteiger partial charge in [-0.15, -0.1) is 0 Å². The van der Waals surface area contributed by atoms with Gasteiger partial charge in [0, 0.05) is 0 Å². The fourth-order valence-corrected chi connectivity index (χ4v) is 5.89. The summed E-state index contributed by atoms with van der Waals surface area (Å²) in [5.41, 5.74) is 1.54. The molecular weight excluding hydrogens is 434 g/mol. The molecule has 0 aliphatic rings. The van der Waals surface area contributed by atoms with Gasteiger partial charge in [-0.05, 0) is 64.6 Å². The normalized spacial score (nSPS) is 13.4. The molecule has 2 unspecified atom stereocenters. The van der Waals surface area contributed by atoms with E-state index in [0.717, 1.165) is 11.8 Å². The second kappa shape index (κ2) is 27.7. The van der Waals surface area contributed by atoms with Crippen LogP contribution in [0.15, 0.2) is 12.2 Å². The summed E-state index contributed by atoms with van der Waals surface area (Å²) >= 11 is 0. The lowest BCUT2D eigenvalue weighted by Crippen LogP contribution is -2.14. The first-order chi connectivity index (χ1) is 17.5. The van der Waals surface area contributed by atoms with Gasteiger partial charge in [0.15, 0.2) is 0 Å². The minimum atomic E-state index is 0.908. The number of hydrogen-bond donors (Lipinski definition) is 0. The molecule has 0 saturated heterocycles. The summed E-state index contributed by atoms with van der Waals surface area (Å²) in [6, 6.07) is 0. The molecule has 0 saturated carbocycles. The molecule has 216 valence electrons. The molecule has 0 amide bonds. The predicted octanol–water partition coefficient (Wildman–Crippen LogP) is 12.1. The molecule has 0 aromatic rings. The van der Waals surface area contributed by atoms with Crippen molar-refractivity contribution in [3.8, 4) is 0 Å². The SMILES string of the molecule is C=C(CCCCCCCCC(CCCCCCCC)CCCN(C)C)CC(CCCC)CCCCC. The average molecular weight is 506 g/mol. The van der Waals surface area contributed by atoms with Crippen LogP contribution >= 0.6 is 0 Å². The van der Waals surface area contributed by atoms with Crippen LogP contribution in [0.4, 0.5) is 0 Å². The van der Waals surface area contributed by atoms with Crippen molar-refractivity contribution in [1.82, 2.24) is 4.90 Å². The minimum absolute atomic E-state index is 0.908. The Morgan fingerprint density at radius 1 is 0.500 bits per heavy atom. The van der Waals surface area contributed by atoms with Gasteiger partial charge >= 0.3 is 0 Å². The van der Waals surface area contributed by atoms with E-state index in [-0.39, 0.29) is 0 Å². The Bertz CT molecular complexity index is 440. The van der Waals surface area contributed by atoms with Crippen molar-refractivity contribution in [3.05, 3.63) is 12.2 Å². The quantitative estimate of drug-likeness (QED) is 0.0721. The van der Waals surface area contributed by atoms with E-state index < -0.39 is 0 Å². The smallest absolute Gasteiger partial charge is 0.00247 e. The summed E-state index contributed by atoms with van der Waals surface area (Å²) in [4.78, 5) is 2.36. The summed E-state index contributed by atoms with van der Waals surface area (Å²) in [6.07, 6.45) is 35.4. The molecule has 0 heterocycles. The van der Waals surface area contributed by atoms with Crippen LogP contribution < -0.4 is 0 Å². The van der Waals surface area contributed by atoms with Crippen LogP contribution in [0.1, 0.15) is 181 Å². The van der Waals surface area contributed by atoms with Crippen molar-refractivity contribution in [2.45, 2.75) is 181 Å². The Kier molecular flexibility index (Phi) is 27.5. The summed E-state index contributed by atoms with van der Waals surface area (Å²) in [7, 11) is 4.44. The average Bonchev–Trinajstić information content (AvgIpc) is 2.85. The van der Waals surface area contributed by atoms with Crippen molar-refractivity contribution in [2.75, 3.05) is 20.6 Å². The van der Waals surface area contributed by atoms with Crippen molar-refractivity contribution in [3.63, 3.8) is 0 Å². The van der Waals surface area contributed by atoms with Gasteiger partial charge in [-0.1, -0.05) is 161 Å². The van der Waals surface area contributed by atoms with Gasteiger partial charge in [0.1, 0.15) is 0 Å². The molecule has 0 N–H and O–H groups in total. The zero-order valence-corrected chi connectivity index (χ0v) is 26.2. The van der Waals surface area contributed by atoms with Crippen molar-refractivity contribution >= 4 is 0 Å². The van der Waals surface area contributed by atoms with Crippen LogP contribution in [0, 0.1) is 11.8 Å². The minimum Gasteiger partial charge on any atom is -0.309 e. The molecule has 0 rings (SSSR count). The third-order valence-electron chi connectivity index (χ3n) is 8.34. The second-order valence-corrected chi connectivity index (χ2v) is 12.5. The molecule has 0 aromatic heterocycles. The Hall–Kier alpha value is -0.300. The molecule has 0 bridgehead atoms. The molecule has 0 aliphatic heterocycles. The highest BCUT2D eigenvalue weighted by atomic mass is 15.0. The van der Waals surface area contributed by atoms with E-state index in [1.165, 1.54) is 167 Å². The first kappa shape index (κ1) is 35.7. The Morgan fingerprint density at radius 3 is 1.50 bits per heavy atom. The second-order valence-electron chi connectivity index (χ2n) is 12.5. The highest BCUT2D eigenvalue weighted by molar-refractivity contribution is 4.95. The Balaban J connectivity index is 3.95. The molecular formula is C35H71N. The fraction of sp³-hybridized carbons (Fsp3) is 0.943. The maximum absolute atomic E-state index is 4.47. The molecule has 1 nitrogen and oxygen atoms in total. The molecule has 0 aliphatic carbocycles. The number of allylic oxidation sites excluding steroid dienone is 1. The van der Waals surface area contributed by atoms with Crippen LogP contribution in [0.25, 0.3) is 0 Å². The third kappa shape index (κ3) is 25.4. The molecule has 2 atom stereocenters. The number of rotatable bonds is 29. The van der Waals surface area contributed by atoms with Crippen LogP contribution in [-0.4, -0.2) is 25.5 Å². The maximum Gasteiger partial charge on any atom is -0.00247 e. The van der Waals surface area contributed by atoms with E-state index in [0.29, 0.717) is 0 Å². The van der Waals surface area contributed by atoms with E-state index in [4.69, 9.17) is 0 Å². The van der Waals surface area contributed by atoms with Gasteiger partial charge in [0.05, 0.1) is 0 Å². The lowest BCUT2D eigenvalue weighted by atomic mass is 9.88. The first-order valence-corrected chi connectivity index (χ1v) is 16.8. The largest absolute Gasteiger partial charge is 0.309 e. The summed E-state index contributed by atoms with van der Waals surface area (Å²) in [6.45, 7) is 12.7. The standard InChI is InChI=1S/C35H71N/c1-7-10-13-14-18-22-27-34(30-24-31-36(5)6)28-23-19-16-15-17-21-25-33(4)32-35(26-12-9-3)29-20-11-8-2/h34-35H,4,7-32H2,1-3,5-6H3. The van der Waals surface area contributed by atoms with Crippen LogP contribution in [-0.2, 0) is 0 Å². The monoisotopic (exact) mass is 506 g/mol. The molecule has 36 heavy (non-hydrogen) atoms. The molecule has 0 spiro atoms. The number of nitrogens with zero attached hydrogens (tertiary/aromatic N) is 1. The first-order valence-electron chi connectivity index (χ1n) is 16.8. The van der Waals surface area contributed by atoms with E-state index in [1.807, 2.05) is 0 Å². The highest BCUT2D eigenvalue weighted by Gasteiger charge is 2.11. The van der Waals surface area contributed by atoms with E-state index >= 15 is 0 Å². The summed E-state index contributed by atoms with van der Waals surface area (Å²) in [5, 5.41) is 0. The Labute approximate surface area is 230 Å². The zero-order valence-electron chi connectivity index (χ0n) is 26.2. The van der Waals surface area contributed by atoms with E-state index in [2.05, 4.69) is 46.3 Å². The fourth-order valence-electron chi connectivity index (χ4n) is 5.89. The van der Waals surface area contributed by atoms with Crippen molar-refractivity contribution in [2.24, 2.45) is 11.8 Å². The van der Waals surface area contributed by atoms with Gasteiger partial charge < -0.3 is 4.90 Å². The molecule has 1 heteroatoms. The zero-order chi connectivity index (χ0) is 26.7. The third-order valence-corrected chi connectivity index (χ3v) is 8.34. The molecule has 0 aromatic carbocycles. The van der Waals surface area contributed by atoms with Gasteiger partial charge in [-0.25, -0.2) is 0 Å². The van der Waals surface area contributed by atoms with E-state index in [9.17, 15) is 0 Å². The van der Waals surface area contributed by atoms with Crippen molar-refractivity contribution < 1.29 is 0 Å². The van der Waals surface area contributed by atoms with Gasteiger partial charge in [0.2, 0.25) is 0 Å². The van der Waals surface area contributed by atoms with Crippen LogP contribution in [0.2, 0.25) is 0 Å². The summed E-state index contributed by atoms with van der Waals surface area (Å²) in [5.74, 6) is 1.89.